The average Bonchev–Trinajstić information content (AvgIpc) is 2.36. The third-order valence-electron chi connectivity index (χ3n) is 3.21. The minimum atomic E-state index is -0.110. The van der Waals surface area contributed by atoms with Gasteiger partial charge < -0.3 is 15.4 Å². The predicted molar refractivity (Wildman–Crippen MR) is 67.3 cm³/mol. The Kier molecular flexibility index (Phi) is 3.33. The summed E-state index contributed by atoms with van der Waals surface area (Å²) in [5, 5.41) is 0. The van der Waals surface area contributed by atoms with Crippen molar-refractivity contribution in [1.29, 1.82) is 0 Å². The number of carbonyl (C=O) groups excluding carboxylic acids is 1. The Bertz CT molecular complexity index is 431. The van der Waals surface area contributed by atoms with Crippen molar-refractivity contribution < 1.29 is 9.53 Å². The van der Waals surface area contributed by atoms with Gasteiger partial charge in [-0.2, -0.15) is 0 Å². The van der Waals surface area contributed by atoms with Crippen LogP contribution >= 0.6 is 0 Å². The molecule has 1 heterocycles. The fourth-order valence-corrected chi connectivity index (χ4v) is 2.03. The van der Waals surface area contributed by atoms with Crippen LogP contribution in [0.25, 0.3) is 0 Å². The van der Waals surface area contributed by atoms with Crippen LogP contribution in [0.3, 0.4) is 0 Å². The van der Waals surface area contributed by atoms with E-state index in [1.54, 1.807) is 6.92 Å². The summed E-state index contributed by atoms with van der Waals surface area (Å²) in [6.07, 6.45) is 0. The Labute approximate surface area is 101 Å². The smallest absolute Gasteiger partial charge is 0.151 e. The number of nitrogens with zero attached hydrogens (tertiary/aromatic N) is 1. The van der Waals surface area contributed by atoms with E-state index in [4.69, 9.17) is 10.5 Å². The first-order valence-electron chi connectivity index (χ1n) is 5.86. The molecule has 92 valence electrons. The van der Waals surface area contributed by atoms with Crippen LogP contribution in [0.5, 0.6) is 5.75 Å². The number of Topliss-reactive ketones (excluding diaryl/α,β-unsaturated/α-hetero) is 1. The van der Waals surface area contributed by atoms with Crippen LogP contribution in [0.2, 0.25) is 0 Å². The number of ether oxygens (including phenoxy) is 1. The van der Waals surface area contributed by atoms with Gasteiger partial charge in [-0.3, -0.25) is 4.79 Å². The minimum Gasteiger partial charge on any atom is -0.490 e. The van der Waals surface area contributed by atoms with Crippen molar-refractivity contribution in [2.45, 2.75) is 26.4 Å². The predicted octanol–water partition coefficient (Wildman–Crippen LogP) is 1.32. The summed E-state index contributed by atoms with van der Waals surface area (Å²) < 4.78 is 5.62. The Morgan fingerprint density at radius 1 is 1.59 bits per heavy atom. The first-order chi connectivity index (χ1) is 8.13. The Balaban J connectivity index is 2.34. The molecule has 1 aromatic carbocycles. The molecule has 1 aromatic rings. The molecule has 0 bridgehead atoms. The van der Waals surface area contributed by atoms with E-state index in [9.17, 15) is 4.79 Å². The fraction of sp³-hybridized carbons (Fsp3) is 0.462. The number of anilines is 1. The minimum absolute atomic E-state index is 0.110. The zero-order valence-electron chi connectivity index (χ0n) is 10.3. The number of hydrogen-bond acceptors (Lipinski definition) is 4. The van der Waals surface area contributed by atoms with Gasteiger partial charge in [0.2, 0.25) is 0 Å². The third-order valence-corrected chi connectivity index (χ3v) is 3.21. The highest BCUT2D eigenvalue weighted by atomic mass is 16.5. The molecule has 0 saturated heterocycles. The van der Waals surface area contributed by atoms with Gasteiger partial charge >= 0.3 is 0 Å². The van der Waals surface area contributed by atoms with E-state index in [-0.39, 0.29) is 11.8 Å². The number of benzene rings is 1. The second-order valence-electron chi connectivity index (χ2n) is 4.33. The van der Waals surface area contributed by atoms with Crippen molar-refractivity contribution in [3.05, 3.63) is 23.8 Å². The summed E-state index contributed by atoms with van der Waals surface area (Å²) in [6.45, 7) is 5.40. The maximum atomic E-state index is 11.5. The van der Waals surface area contributed by atoms with Gasteiger partial charge in [-0.1, -0.05) is 6.07 Å². The monoisotopic (exact) mass is 234 g/mol. The second-order valence-corrected chi connectivity index (χ2v) is 4.33. The first kappa shape index (κ1) is 11.9. The van der Waals surface area contributed by atoms with Gasteiger partial charge in [-0.05, 0) is 31.5 Å². The second kappa shape index (κ2) is 4.75. The number of nitrogens with two attached hydrogens (primary N) is 1. The number of rotatable bonds is 3. The van der Waals surface area contributed by atoms with Gasteiger partial charge in [-0.25, -0.2) is 0 Å². The zero-order chi connectivity index (χ0) is 12.4. The van der Waals surface area contributed by atoms with Gasteiger partial charge in [0.05, 0.1) is 18.3 Å². The van der Waals surface area contributed by atoms with Crippen LogP contribution in [-0.2, 0) is 11.3 Å². The lowest BCUT2D eigenvalue weighted by molar-refractivity contribution is -0.118. The molecular formula is C13H18N2O2. The molecule has 1 aliphatic heterocycles. The molecular weight excluding hydrogens is 216 g/mol. The molecule has 0 spiro atoms. The van der Waals surface area contributed by atoms with E-state index in [2.05, 4.69) is 4.90 Å². The highest BCUT2D eigenvalue weighted by Gasteiger charge is 2.24. The van der Waals surface area contributed by atoms with E-state index in [0.717, 1.165) is 23.5 Å². The van der Waals surface area contributed by atoms with Crippen LogP contribution in [0.4, 0.5) is 5.69 Å². The topological polar surface area (TPSA) is 55.6 Å². The molecule has 0 aromatic heterocycles. The van der Waals surface area contributed by atoms with E-state index in [1.165, 1.54) is 0 Å². The van der Waals surface area contributed by atoms with Gasteiger partial charge in [-0.15, -0.1) is 0 Å². The molecule has 2 rings (SSSR count). The van der Waals surface area contributed by atoms with E-state index in [0.29, 0.717) is 13.2 Å². The molecule has 0 amide bonds. The molecule has 1 unspecified atom stereocenters. The van der Waals surface area contributed by atoms with E-state index < -0.39 is 0 Å². The van der Waals surface area contributed by atoms with Crippen LogP contribution in [0.1, 0.15) is 19.4 Å². The molecule has 0 radical (unpaired) electrons. The zero-order valence-corrected chi connectivity index (χ0v) is 10.3. The van der Waals surface area contributed by atoms with Crippen molar-refractivity contribution >= 4 is 11.5 Å². The van der Waals surface area contributed by atoms with Gasteiger partial charge in [0.25, 0.3) is 0 Å². The SMILES string of the molecule is CC(=O)C(C)N1CCOc2cc(CN)ccc21. The van der Waals surface area contributed by atoms with Crippen molar-refractivity contribution in [2.75, 3.05) is 18.1 Å². The van der Waals surface area contributed by atoms with Gasteiger partial charge in [0, 0.05) is 6.54 Å². The molecule has 1 aliphatic rings. The quantitative estimate of drug-likeness (QED) is 0.857. The molecule has 0 aliphatic carbocycles. The molecule has 2 N–H and O–H groups in total. The highest BCUT2D eigenvalue weighted by molar-refractivity contribution is 5.85. The van der Waals surface area contributed by atoms with Crippen molar-refractivity contribution in [3.63, 3.8) is 0 Å². The van der Waals surface area contributed by atoms with Crippen LogP contribution in [0, 0.1) is 0 Å². The highest BCUT2D eigenvalue weighted by Crippen LogP contribution is 2.33. The Hall–Kier alpha value is -1.55. The Morgan fingerprint density at radius 2 is 2.35 bits per heavy atom. The van der Waals surface area contributed by atoms with Gasteiger partial charge in [0.1, 0.15) is 12.4 Å². The van der Waals surface area contributed by atoms with Crippen LogP contribution in [0.15, 0.2) is 18.2 Å². The standard InChI is InChI=1S/C13H18N2O2/c1-9(10(2)16)15-5-6-17-13-7-11(8-14)3-4-12(13)15/h3-4,7,9H,5-6,8,14H2,1-2H3. The maximum absolute atomic E-state index is 11.5. The molecule has 17 heavy (non-hydrogen) atoms. The largest absolute Gasteiger partial charge is 0.490 e. The number of fused-ring (bicyclic) bond motifs is 1. The number of hydrogen-bond donors (Lipinski definition) is 1. The van der Waals surface area contributed by atoms with Gasteiger partial charge in [0.15, 0.2) is 5.78 Å². The average molecular weight is 234 g/mol. The lowest BCUT2D eigenvalue weighted by atomic mass is 10.1. The molecule has 0 fully saturated rings. The summed E-state index contributed by atoms with van der Waals surface area (Å²) in [7, 11) is 0. The Morgan fingerprint density at radius 3 is 3.00 bits per heavy atom. The van der Waals surface area contributed by atoms with E-state index >= 15 is 0 Å². The summed E-state index contributed by atoms with van der Waals surface area (Å²) in [4.78, 5) is 13.6. The summed E-state index contributed by atoms with van der Waals surface area (Å²) in [6, 6.07) is 5.80. The summed E-state index contributed by atoms with van der Waals surface area (Å²) in [5.41, 5.74) is 7.63. The van der Waals surface area contributed by atoms with Crippen molar-refractivity contribution in [1.82, 2.24) is 0 Å². The summed E-state index contributed by atoms with van der Waals surface area (Å²) in [5.74, 6) is 0.994. The number of carbonyl (C=O) groups is 1. The first-order valence-corrected chi connectivity index (χ1v) is 5.86. The molecule has 4 nitrogen and oxygen atoms in total. The van der Waals surface area contributed by atoms with Crippen molar-refractivity contribution in [2.24, 2.45) is 5.73 Å². The number of ketones is 1. The third kappa shape index (κ3) is 2.26. The summed E-state index contributed by atoms with van der Waals surface area (Å²) >= 11 is 0. The lowest BCUT2D eigenvalue weighted by Gasteiger charge is -2.35. The molecule has 1 atom stereocenters. The lowest BCUT2D eigenvalue weighted by Crippen LogP contribution is -2.43. The van der Waals surface area contributed by atoms with Crippen molar-refractivity contribution in [3.8, 4) is 5.75 Å². The maximum Gasteiger partial charge on any atom is 0.151 e. The normalized spacial score (nSPS) is 16.1. The van der Waals surface area contributed by atoms with Crippen LogP contribution in [-0.4, -0.2) is 25.0 Å². The van der Waals surface area contributed by atoms with E-state index in [1.807, 2.05) is 25.1 Å². The van der Waals surface area contributed by atoms with Crippen LogP contribution < -0.4 is 15.4 Å². The fourth-order valence-electron chi connectivity index (χ4n) is 2.03. The molecule has 0 saturated carbocycles. The molecule has 4 heteroatoms.